The first kappa shape index (κ1) is 18.4. The molecule has 1 aliphatic rings. The van der Waals surface area contributed by atoms with Crippen molar-refractivity contribution in [3.05, 3.63) is 53.1 Å². The molecular formula is C20H23N3O2S2. The lowest BCUT2D eigenvalue weighted by Gasteiger charge is -2.33. The fourth-order valence-corrected chi connectivity index (χ4v) is 6.09. The van der Waals surface area contributed by atoms with Crippen LogP contribution in [0.3, 0.4) is 0 Å². The molecule has 0 radical (unpaired) electrons. The summed E-state index contributed by atoms with van der Waals surface area (Å²) in [5, 5.41) is 0.978. The van der Waals surface area contributed by atoms with E-state index in [1.165, 1.54) is 15.8 Å². The third-order valence-electron chi connectivity index (χ3n) is 4.99. The van der Waals surface area contributed by atoms with Crippen molar-refractivity contribution < 1.29 is 8.42 Å². The summed E-state index contributed by atoms with van der Waals surface area (Å²) >= 11 is 1.69. The van der Waals surface area contributed by atoms with Gasteiger partial charge in [-0.3, -0.25) is 0 Å². The molecule has 3 aromatic rings. The van der Waals surface area contributed by atoms with Crippen LogP contribution in [-0.4, -0.2) is 43.9 Å². The van der Waals surface area contributed by atoms with Crippen molar-refractivity contribution in [1.29, 1.82) is 0 Å². The van der Waals surface area contributed by atoms with Gasteiger partial charge in [0.2, 0.25) is 10.0 Å². The molecule has 7 heteroatoms. The summed E-state index contributed by atoms with van der Waals surface area (Å²) < 4.78 is 28.5. The van der Waals surface area contributed by atoms with Crippen molar-refractivity contribution in [1.82, 2.24) is 9.29 Å². The van der Waals surface area contributed by atoms with Crippen LogP contribution in [0.15, 0.2) is 41.3 Å². The minimum atomic E-state index is -3.43. The molecular weight excluding hydrogens is 378 g/mol. The molecule has 0 N–H and O–H groups in total. The van der Waals surface area contributed by atoms with E-state index in [0.29, 0.717) is 31.1 Å². The molecule has 1 aromatic heterocycles. The van der Waals surface area contributed by atoms with E-state index in [1.807, 2.05) is 19.1 Å². The summed E-state index contributed by atoms with van der Waals surface area (Å²) in [5.74, 6) is 0. The lowest BCUT2D eigenvalue weighted by Crippen LogP contribution is -2.48. The average Bonchev–Trinajstić information content (AvgIpc) is 3.06. The zero-order valence-electron chi connectivity index (χ0n) is 15.8. The van der Waals surface area contributed by atoms with E-state index in [1.54, 1.807) is 27.8 Å². The maximum Gasteiger partial charge on any atom is 0.243 e. The number of fused-ring (bicyclic) bond motifs is 1. The van der Waals surface area contributed by atoms with Crippen LogP contribution in [0.4, 0.5) is 5.13 Å². The second-order valence-corrected chi connectivity index (χ2v) is 10.1. The normalized spacial score (nSPS) is 16.2. The van der Waals surface area contributed by atoms with Gasteiger partial charge in [-0.1, -0.05) is 35.1 Å². The van der Waals surface area contributed by atoms with Gasteiger partial charge in [-0.25, -0.2) is 13.4 Å². The number of nitrogens with zero attached hydrogens (tertiary/aromatic N) is 3. The SMILES string of the molecule is Cc1ccc(S(=O)(=O)N2CCN(c3nc4c(C)cc(C)cc4s3)CC2)cc1. The van der Waals surface area contributed by atoms with Gasteiger partial charge in [0.15, 0.2) is 5.13 Å². The molecule has 5 nitrogen and oxygen atoms in total. The average molecular weight is 402 g/mol. The molecule has 142 valence electrons. The molecule has 1 fully saturated rings. The quantitative estimate of drug-likeness (QED) is 0.671. The number of aryl methyl sites for hydroxylation is 3. The number of thiazole rings is 1. The Bertz CT molecular complexity index is 1080. The molecule has 2 aromatic carbocycles. The van der Waals surface area contributed by atoms with E-state index < -0.39 is 10.0 Å². The van der Waals surface area contributed by atoms with Crippen LogP contribution in [-0.2, 0) is 10.0 Å². The first-order chi connectivity index (χ1) is 12.8. The topological polar surface area (TPSA) is 53.5 Å². The zero-order chi connectivity index (χ0) is 19.2. The predicted octanol–water partition coefficient (Wildman–Crippen LogP) is 3.73. The molecule has 0 saturated carbocycles. The van der Waals surface area contributed by atoms with E-state index >= 15 is 0 Å². The number of anilines is 1. The van der Waals surface area contributed by atoms with Gasteiger partial charge in [-0.05, 0) is 50.1 Å². The van der Waals surface area contributed by atoms with Crippen LogP contribution in [0.5, 0.6) is 0 Å². The smallest absolute Gasteiger partial charge is 0.243 e. The summed E-state index contributed by atoms with van der Waals surface area (Å²) in [4.78, 5) is 7.37. The molecule has 4 rings (SSSR count). The van der Waals surface area contributed by atoms with Crippen molar-refractivity contribution in [3.63, 3.8) is 0 Å². The zero-order valence-corrected chi connectivity index (χ0v) is 17.4. The molecule has 0 bridgehead atoms. The standard InChI is InChI=1S/C20H23N3O2S2/c1-14-4-6-17(7-5-14)27(24,25)23-10-8-22(9-11-23)20-21-19-16(3)12-15(2)13-18(19)26-20/h4-7,12-13H,8-11H2,1-3H3. The number of hydrogen-bond donors (Lipinski definition) is 0. The highest BCUT2D eigenvalue weighted by Crippen LogP contribution is 2.32. The number of hydrogen-bond acceptors (Lipinski definition) is 5. The third-order valence-corrected chi connectivity index (χ3v) is 7.96. The van der Waals surface area contributed by atoms with E-state index in [-0.39, 0.29) is 0 Å². The second kappa shape index (κ2) is 6.89. The number of sulfonamides is 1. The maximum atomic E-state index is 12.9. The molecule has 27 heavy (non-hydrogen) atoms. The third kappa shape index (κ3) is 3.47. The van der Waals surface area contributed by atoms with Crippen LogP contribution < -0.4 is 4.90 Å². The Hall–Kier alpha value is -1.96. The fourth-order valence-electron chi connectivity index (χ4n) is 3.47. The van der Waals surface area contributed by atoms with Crippen molar-refractivity contribution >= 4 is 36.7 Å². The van der Waals surface area contributed by atoms with Crippen molar-refractivity contribution in [2.45, 2.75) is 25.7 Å². The molecule has 0 spiro atoms. The molecule has 0 aliphatic carbocycles. The molecule has 1 saturated heterocycles. The number of benzene rings is 2. The van der Waals surface area contributed by atoms with Gasteiger partial charge < -0.3 is 4.90 Å². The highest BCUT2D eigenvalue weighted by molar-refractivity contribution is 7.89. The summed E-state index contributed by atoms with van der Waals surface area (Å²) in [6.07, 6.45) is 0. The van der Waals surface area contributed by atoms with Crippen molar-refractivity contribution in [2.24, 2.45) is 0 Å². The van der Waals surface area contributed by atoms with Gasteiger partial charge in [0.25, 0.3) is 0 Å². The molecule has 2 heterocycles. The van der Waals surface area contributed by atoms with E-state index in [2.05, 4.69) is 30.9 Å². The summed E-state index contributed by atoms with van der Waals surface area (Å²) in [6.45, 7) is 8.40. The summed E-state index contributed by atoms with van der Waals surface area (Å²) in [6, 6.07) is 11.4. The van der Waals surface area contributed by atoms with E-state index in [0.717, 1.165) is 16.2 Å². The monoisotopic (exact) mass is 401 g/mol. The number of aromatic nitrogens is 1. The minimum absolute atomic E-state index is 0.368. The molecule has 0 amide bonds. The van der Waals surface area contributed by atoms with Crippen molar-refractivity contribution in [3.8, 4) is 0 Å². The van der Waals surface area contributed by atoms with Crippen LogP contribution in [0.25, 0.3) is 10.2 Å². The van der Waals surface area contributed by atoms with Gasteiger partial charge in [0.1, 0.15) is 0 Å². The first-order valence-corrected chi connectivity index (χ1v) is 11.3. The first-order valence-electron chi connectivity index (χ1n) is 9.04. The van der Waals surface area contributed by atoms with Gasteiger partial charge in [0.05, 0.1) is 15.1 Å². The van der Waals surface area contributed by atoms with E-state index in [4.69, 9.17) is 4.98 Å². The largest absolute Gasteiger partial charge is 0.345 e. The Morgan fingerprint density at radius 1 is 0.926 bits per heavy atom. The Morgan fingerprint density at radius 2 is 1.59 bits per heavy atom. The van der Waals surface area contributed by atoms with Crippen LogP contribution in [0.1, 0.15) is 16.7 Å². The second-order valence-electron chi connectivity index (χ2n) is 7.13. The predicted molar refractivity (Wildman–Crippen MR) is 111 cm³/mol. The Kier molecular flexibility index (Phi) is 4.70. The van der Waals surface area contributed by atoms with Gasteiger partial charge in [0, 0.05) is 26.2 Å². The Balaban J connectivity index is 1.52. The van der Waals surface area contributed by atoms with Crippen molar-refractivity contribution in [2.75, 3.05) is 31.1 Å². The highest BCUT2D eigenvalue weighted by atomic mass is 32.2. The molecule has 1 aliphatic heterocycles. The number of piperazine rings is 1. The lowest BCUT2D eigenvalue weighted by atomic mass is 10.1. The molecule has 0 unspecified atom stereocenters. The fraction of sp³-hybridized carbons (Fsp3) is 0.350. The summed E-state index contributed by atoms with van der Waals surface area (Å²) in [5.41, 5.74) is 4.53. The minimum Gasteiger partial charge on any atom is -0.345 e. The Morgan fingerprint density at radius 3 is 2.26 bits per heavy atom. The van der Waals surface area contributed by atoms with Crippen LogP contribution >= 0.6 is 11.3 Å². The van der Waals surface area contributed by atoms with Gasteiger partial charge >= 0.3 is 0 Å². The lowest BCUT2D eigenvalue weighted by molar-refractivity contribution is 0.385. The Labute approximate surface area is 164 Å². The van der Waals surface area contributed by atoms with Gasteiger partial charge in [-0.15, -0.1) is 0 Å². The highest BCUT2D eigenvalue weighted by Gasteiger charge is 2.29. The summed E-state index contributed by atoms with van der Waals surface area (Å²) in [7, 11) is -3.43. The van der Waals surface area contributed by atoms with Crippen LogP contribution in [0.2, 0.25) is 0 Å². The van der Waals surface area contributed by atoms with E-state index in [9.17, 15) is 8.42 Å². The van der Waals surface area contributed by atoms with Crippen LogP contribution in [0, 0.1) is 20.8 Å². The number of rotatable bonds is 3. The maximum absolute atomic E-state index is 12.9. The van der Waals surface area contributed by atoms with Gasteiger partial charge in [-0.2, -0.15) is 4.31 Å². The molecule has 0 atom stereocenters.